The Hall–Kier alpha value is -2.38. The van der Waals surface area contributed by atoms with Crippen LogP contribution in [0.3, 0.4) is 0 Å². The molecule has 6 heteroatoms. The Kier molecular flexibility index (Phi) is 4.30. The van der Waals surface area contributed by atoms with Gasteiger partial charge in [-0.05, 0) is 121 Å². The van der Waals surface area contributed by atoms with Crippen LogP contribution in [0.2, 0.25) is 0 Å². The van der Waals surface area contributed by atoms with Crippen LogP contribution in [-0.4, -0.2) is 0 Å². The highest BCUT2D eigenvalue weighted by Gasteiger charge is 2.24. The predicted octanol–water partition coefficient (Wildman–Crippen LogP) is 9.84. The quantitative estimate of drug-likeness (QED) is 0.0888. The third-order valence-electron chi connectivity index (χ3n) is 7.56. The molecule has 0 N–H and O–H groups in total. The van der Waals surface area contributed by atoms with Crippen molar-refractivity contribution in [3.63, 3.8) is 0 Å². The Morgan fingerprint density at radius 2 is 1.08 bits per heavy atom. The molecule has 170 valence electrons. The molecule has 0 fully saturated rings. The summed E-state index contributed by atoms with van der Waals surface area (Å²) in [6.07, 6.45) is 0. The average Bonchev–Trinajstić information content (AvgIpc) is 2.88. The van der Waals surface area contributed by atoms with Crippen molar-refractivity contribution in [3.8, 4) is 0 Å². The molecule has 0 spiro atoms. The maximum atomic E-state index is 13.9. The number of fused-ring (bicyclic) bond motifs is 4. The Bertz CT molecular complexity index is 2400. The molecule has 0 saturated carbocycles. The molecule has 36 heavy (non-hydrogen) atoms. The lowest BCUT2D eigenvalue weighted by atomic mass is 9.84. The van der Waals surface area contributed by atoms with E-state index in [0.717, 1.165) is 77.1 Å². The van der Waals surface area contributed by atoms with Crippen LogP contribution in [0.15, 0.2) is 88.1 Å². The Morgan fingerprint density at radius 1 is 0.417 bits per heavy atom. The van der Waals surface area contributed by atoms with E-state index in [1.165, 1.54) is 0 Å². The fourth-order valence-electron chi connectivity index (χ4n) is 6.10. The molecule has 0 saturated heterocycles. The summed E-state index contributed by atoms with van der Waals surface area (Å²) >= 11 is 14.7. The highest BCUT2D eigenvalue weighted by molar-refractivity contribution is 9.14. The van der Waals surface area contributed by atoms with Crippen molar-refractivity contribution in [2.24, 2.45) is 0 Å². The van der Waals surface area contributed by atoms with Crippen molar-refractivity contribution >= 4 is 139 Å². The minimum Gasteiger partial charge on any atom is -0.289 e. The summed E-state index contributed by atoms with van der Waals surface area (Å²) in [5.41, 5.74) is 0.0203. The minimum atomic E-state index is -0.0106. The first-order valence-corrected chi connectivity index (χ1v) is 14.4. The van der Waals surface area contributed by atoms with Crippen LogP contribution in [0.25, 0.3) is 75.4 Å². The standard InChI is InChI=1S/C30H10Br4O2/c31-20-10-19-24-15(12-3-1-2-4-13(12)29(19)35)7-11-5-6-14-23-16(8-18(20)25(24)22(11)23)17-9-21(32)27(33)28(34)26(17)30(14)36/h1-10H. The molecule has 0 amide bonds. The minimum absolute atomic E-state index is 0.0106. The van der Waals surface area contributed by atoms with Gasteiger partial charge >= 0.3 is 0 Å². The Balaban J connectivity index is 1.79. The topological polar surface area (TPSA) is 34.1 Å². The fraction of sp³-hybridized carbons (Fsp3) is 0. The Morgan fingerprint density at radius 3 is 1.89 bits per heavy atom. The molecule has 8 rings (SSSR count). The van der Waals surface area contributed by atoms with Crippen molar-refractivity contribution in [2.45, 2.75) is 0 Å². The van der Waals surface area contributed by atoms with Gasteiger partial charge in [0, 0.05) is 50.2 Å². The summed E-state index contributed by atoms with van der Waals surface area (Å²) in [6.45, 7) is 0. The first-order valence-electron chi connectivity index (χ1n) is 11.2. The summed E-state index contributed by atoms with van der Waals surface area (Å²) in [7, 11) is 0. The lowest BCUT2D eigenvalue weighted by molar-refractivity contribution is 1.60. The van der Waals surface area contributed by atoms with E-state index >= 15 is 0 Å². The predicted molar refractivity (Wildman–Crippen MR) is 166 cm³/mol. The molecule has 0 aliphatic carbocycles. The van der Waals surface area contributed by atoms with Crippen molar-refractivity contribution < 1.29 is 0 Å². The molecule has 0 heterocycles. The van der Waals surface area contributed by atoms with Crippen LogP contribution < -0.4 is 10.9 Å². The van der Waals surface area contributed by atoms with E-state index in [4.69, 9.17) is 0 Å². The van der Waals surface area contributed by atoms with Crippen LogP contribution in [0, 0.1) is 0 Å². The lowest BCUT2D eigenvalue weighted by Crippen LogP contribution is -2.07. The molecular weight excluding hydrogens is 712 g/mol. The monoisotopic (exact) mass is 718 g/mol. The molecule has 0 unspecified atom stereocenters. The van der Waals surface area contributed by atoms with E-state index in [1.54, 1.807) is 0 Å². The van der Waals surface area contributed by atoms with E-state index in [2.05, 4.69) is 75.9 Å². The lowest BCUT2D eigenvalue weighted by Gasteiger charge is -2.20. The molecular formula is C30H10Br4O2. The van der Waals surface area contributed by atoms with Gasteiger partial charge in [-0.2, -0.15) is 0 Å². The second-order valence-corrected chi connectivity index (χ2v) is 12.5. The van der Waals surface area contributed by atoms with Gasteiger partial charge in [0.15, 0.2) is 10.9 Å². The van der Waals surface area contributed by atoms with E-state index in [0.29, 0.717) is 16.2 Å². The molecule has 2 nitrogen and oxygen atoms in total. The summed E-state index contributed by atoms with van der Waals surface area (Å²) in [5, 5.41) is 12.7. The van der Waals surface area contributed by atoms with Crippen LogP contribution in [-0.2, 0) is 0 Å². The zero-order chi connectivity index (χ0) is 24.6. The molecule has 0 atom stereocenters. The largest absolute Gasteiger partial charge is 0.289 e. The second-order valence-electron chi connectivity index (χ2n) is 9.25. The zero-order valence-corrected chi connectivity index (χ0v) is 24.4. The molecule has 0 bridgehead atoms. The number of benzene rings is 8. The van der Waals surface area contributed by atoms with Gasteiger partial charge in [-0.15, -0.1) is 0 Å². The SMILES string of the molecule is O=c1c2ccccc2c2cc3ccc4c(=O)c5c(Br)c(Br)c(Br)cc5c5cc6c(Br)cc1c2c6c3c45. The highest BCUT2D eigenvalue weighted by atomic mass is 79.9. The number of rotatable bonds is 0. The van der Waals surface area contributed by atoms with Crippen molar-refractivity contribution in [1.29, 1.82) is 0 Å². The maximum Gasteiger partial charge on any atom is 0.195 e. The maximum absolute atomic E-state index is 13.9. The van der Waals surface area contributed by atoms with Crippen LogP contribution >= 0.6 is 63.7 Å². The van der Waals surface area contributed by atoms with E-state index in [-0.39, 0.29) is 10.9 Å². The van der Waals surface area contributed by atoms with Gasteiger partial charge in [0.1, 0.15) is 0 Å². The van der Waals surface area contributed by atoms with Crippen LogP contribution in [0.1, 0.15) is 0 Å². The molecule has 0 aliphatic heterocycles. The first-order chi connectivity index (χ1) is 17.4. The van der Waals surface area contributed by atoms with Crippen LogP contribution in [0.4, 0.5) is 0 Å². The van der Waals surface area contributed by atoms with Gasteiger partial charge in [-0.25, -0.2) is 0 Å². The summed E-state index contributed by atoms with van der Waals surface area (Å²) in [6, 6.07) is 20.1. The van der Waals surface area contributed by atoms with Crippen molar-refractivity contribution in [3.05, 3.63) is 99.0 Å². The number of hydrogen-bond acceptors (Lipinski definition) is 2. The third kappa shape index (κ3) is 2.47. The molecule has 0 radical (unpaired) electrons. The van der Waals surface area contributed by atoms with E-state index in [1.807, 2.05) is 48.5 Å². The van der Waals surface area contributed by atoms with Crippen molar-refractivity contribution in [1.82, 2.24) is 0 Å². The molecule has 0 aromatic heterocycles. The van der Waals surface area contributed by atoms with Gasteiger partial charge in [-0.1, -0.05) is 46.3 Å². The smallest absolute Gasteiger partial charge is 0.195 e. The second kappa shape index (κ2) is 7.13. The van der Waals surface area contributed by atoms with Gasteiger partial charge in [-0.3, -0.25) is 9.59 Å². The van der Waals surface area contributed by atoms with Gasteiger partial charge in [0.25, 0.3) is 0 Å². The van der Waals surface area contributed by atoms with E-state index < -0.39 is 0 Å². The normalized spacial score (nSPS) is 12.7. The average molecular weight is 722 g/mol. The molecule has 8 aromatic carbocycles. The van der Waals surface area contributed by atoms with Gasteiger partial charge < -0.3 is 0 Å². The number of halogens is 4. The summed E-state index contributed by atoms with van der Waals surface area (Å²) < 4.78 is 3.29. The van der Waals surface area contributed by atoms with Crippen LogP contribution in [0.5, 0.6) is 0 Å². The fourth-order valence-corrected chi connectivity index (χ4v) is 8.25. The first kappa shape index (κ1) is 21.7. The number of hydrogen-bond donors (Lipinski definition) is 0. The highest BCUT2D eigenvalue weighted by Crippen LogP contribution is 2.48. The third-order valence-corrected chi connectivity index (χ3v) is 11.5. The summed E-state index contributed by atoms with van der Waals surface area (Å²) in [5.74, 6) is 0. The summed E-state index contributed by atoms with van der Waals surface area (Å²) in [4.78, 5) is 27.5. The van der Waals surface area contributed by atoms with Gasteiger partial charge in [0.2, 0.25) is 0 Å². The van der Waals surface area contributed by atoms with E-state index in [9.17, 15) is 9.59 Å². The van der Waals surface area contributed by atoms with Crippen molar-refractivity contribution in [2.75, 3.05) is 0 Å². The Labute approximate surface area is 236 Å². The molecule has 0 aliphatic rings. The zero-order valence-electron chi connectivity index (χ0n) is 18.1. The molecule has 8 aromatic rings. The van der Waals surface area contributed by atoms with Gasteiger partial charge in [0.05, 0.1) is 0 Å².